The van der Waals surface area contributed by atoms with Crippen LogP contribution in [0.1, 0.15) is 44.2 Å². The van der Waals surface area contributed by atoms with E-state index in [-0.39, 0.29) is 5.54 Å². The van der Waals surface area contributed by atoms with E-state index < -0.39 is 0 Å². The van der Waals surface area contributed by atoms with Crippen molar-refractivity contribution in [3.05, 3.63) is 33.8 Å². The lowest BCUT2D eigenvalue weighted by Gasteiger charge is -2.50. The van der Waals surface area contributed by atoms with Gasteiger partial charge in [-0.1, -0.05) is 22.0 Å². The minimum Gasteiger partial charge on any atom is -0.329 e. The number of rotatable bonds is 2. The summed E-state index contributed by atoms with van der Waals surface area (Å²) >= 11 is 3.59. The van der Waals surface area contributed by atoms with E-state index in [1.807, 2.05) is 0 Å². The standard InChI is InChI=1S/C17H25BrN2/c1-16(2)7-3-9-20(16)17(12-19)8-6-13-10-15(18)5-4-14(13)11-17/h4-5,10H,3,6-9,11-12,19H2,1-2H3. The Balaban J connectivity index is 1.94. The number of nitrogens with two attached hydrogens (primary N) is 1. The van der Waals surface area contributed by atoms with Crippen molar-refractivity contribution in [3.63, 3.8) is 0 Å². The van der Waals surface area contributed by atoms with Crippen LogP contribution < -0.4 is 5.73 Å². The van der Waals surface area contributed by atoms with Crippen molar-refractivity contribution >= 4 is 15.9 Å². The van der Waals surface area contributed by atoms with Crippen LogP contribution >= 0.6 is 15.9 Å². The van der Waals surface area contributed by atoms with Crippen LogP contribution in [0, 0.1) is 0 Å². The Morgan fingerprint density at radius 2 is 2.05 bits per heavy atom. The van der Waals surface area contributed by atoms with Crippen LogP contribution in [0.15, 0.2) is 22.7 Å². The van der Waals surface area contributed by atoms with E-state index in [0.29, 0.717) is 5.54 Å². The van der Waals surface area contributed by atoms with Gasteiger partial charge in [0.05, 0.1) is 0 Å². The average Bonchev–Trinajstić information content (AvgIpc) is 2.78. The molecular formula is C17H25BrN2. The predicted octanol–water partition coefficient (Wildman–Crippen LogP) is 3.51. The largest absolute Gasteiger partial charge is 0.329 e. The molecule has 2 nitrogen and oxygen atoms in total. The summed E-state index contributed by atoms with van der Waals surface area (Å²) in [5, 5.41) is 0. The zero-order valence-corrected chi connectivity index (χ0v) is 14.2. The van der Waals surface area contributed by atoms with Gasteiger partial charge in [0.2, 0.25) is 0 Å². The highest BCUT2D eigenvalue weighted by atomic mass is 79.9. The maximum Gasteiger partial charge on any atom is 0.0380 e. The second-order valence-electron chi connectivity index (χ2n) is 7.09. The van der Waals surface area contributed by atoms with E-state index in [9.17, 15) is 0 Å². The lowest BCUT2D eigenvalue weighted by Crippen LogP contribution is -2.61. The molecule has 0 aromatic heterocycles. The number of fused-ring (bicyclic) bond motifs is 1. The molecule has 0 saturated carbocycles. The molecule has 0 spiro atoms. The first-order chi connectivity index (χ1) is 9.47. The number of hydrogen-bond acceptors (Lipinski definition) is 2. The Morgan fingerprint density at radius 3 is 2.70 bits per heavy atom. The second-order valence-corrected chi connectivity index (χ2v) is 8.00. The lowest BCUT2D eigenvalue weighted by atomic mass is 9.75. The molecule has 2 aliphatic rings. The summed E-state index contributed by atoms with van der Waals surface area (Å²) in [6.07, 6.45) is 6.05. The van der Waals surface area contributed by atoms with Crippen molar-refractivity contribution in [2.45, 2.75) is 57.0 Å². The molecule has 20 heavy (non-hydrogen) atoms. The third-order valence-corrected chi connectivity index (χ3v) is 5.89. The summed E-state index contributed by atoms with van der Waals surface area (Å²) in [7, 11) is 0. The topological polar surface area (TPSA) is 29.3 Å². The van der Waals surface area contributed by atoms with Gasteiger partial charge in [-0.05, 0) is 75.8 Å². The molecule has 1 fully saturated rings. The molecule has 1 aromatic rings. The molecular weight excluding hydrogens is 312 g/mol. The highest BCUT2D eigenvalue weighted by Gasteiger charge is 2.46. The quantitative estimate of drug-likeness (QED) is 0.895. The number of hydrogen-bond donors (Lipinski definition) is 1. The minimum atomic E-state index is 0.167. The van der Waals surface area contributed by atoms with Crippen molar-refractivity contribution < 1.29 is 0 Å². The molecule has 0 amide bonds. The molecule has 1 unspecified atom stereocenters. The van der Waals surface area contributed by atoms with Gasteiger partial charge in [-0.15, -0.1) is 0 Å². The van der Waals surface area contributed by atoms with E-state index in [2.05, 4.69) is 52.9 Å². The zero-order valence-electron chi connectivity index (χ0n) is 12.6. The molecule has 3 heteroatoms. The van der Waals surface area contributed by atoms with Crippen LogP contribution in [0.4, 0.5) is 0 Å². The molecule has 1 aromatic carbocycles. The number of benzene rings is 1. The Bertz CT molecular complexity index is 512. The number of halogens is 1. The first-order valence-corrected chi connectivity index (χ1v) is 8.51. The number of aryl methyl sites for hydroxylation is 1. The monoisotopic (exact) mass is 336 g/mol. The molecule has 1 atom stereocenters. The van der Waals surface area contributed by atoms with Crippen LogP contribution in [-0.4, -0.2) is 29.1 Å². The summed E-state index contributed by atoms with van der Waals surface area (Å²) in [6, 6.07) is 6.73. The fourth-order valence-electron chi connectivity index (χ4n) is 4.31. The molecule has 1 heterocycles. The fraction of sp³-hybridized carbons (Fsp3) is 0.647. The third kappa shape index (κ3) is 2.34. The van der Waals surface area contributed by atoms with Gasteiger partial charge in [0, 0.05) is 22.1 Å². The van der Waals surface area contributed by atoms with Crippen molar-refractivity contribution in [2.24, 2.45) is 5.73 Å². The Morgan fingerprint density at radius 1 is 1.25 bits per heavy atom. The van der Waals surface area contributed by atoms with Gasteiger partial charge in [0.25, 0.3) is 0 Å². The molecule has 2 N–H and O–H groups in total. The Kier molecular flexibility index (Phi) is 3.72. The SMILES string of the molecule is CC1(C)CCCN1C1(CN)CCc2cc(Br)ccc2C1. The summed E-state index contributed by atoms with van der Waals surface area (Å²) in [5.41, 5.74) is 9.73. The van der Waals surface area contributed by atoms with Gasteiger partial charge in [-0.25, -0.2) is 0 Å². The minimum absolute atomic E-state index is 0.167. The molecule has 1 saturated heterocycles. The van der Waals surface area contributed by atoms with Gasteiger partial charge in [-0.3, -0.25) is 4.90 Å². The maximum atomic E-state index is 6.28. The maximum absolute atomic E-state index is 6.28. The summed E-state index contributed by atoms with van der Waals surface area (Å²) < 4.78 is 1.19. The van der Waals surface area contributed by atoms with Crippen LogP contribution in [0.3, 0.4) is 0 Å². The Labute approximate surface area is 130 Å². The summed E-state index contributed by atoms with van der Waals surface area (Å²) in [5.74, 6) is 0. The van der Waals surface area contributed by atoms with Gasteiger partial charge in [0.1, 0.15) is 0 Å². The smallest absolute Gasteiger partial charge is 0.0380 e. The first-order valence-electron chi connectivity index (χ1n) is 7.72. The predicted molar refractivity (Wildman–Crippen MR) is 88.0 cm³/mol. The second kappa shape index (κ2) is 5.11. The highest BCUT2D eigenvalue weighted by Crippen LogP contribution is 2.41. The van der Waals surface area contributed by atoms with Gasteiger partial charge in [-0.2, -0.15) is 0 Å². The molecule has 0 bridgehead atoms. The molecule has 1 aliphatic heterocycles. The lowest BCUT2D eigenvalue weighted by molar-refractivity contribution is 0.0243. The van der Waals surface area contributed by atoms with Gasteiger partial charge >= 0.3 is 0 Å². The van der Waals surface area contributed by atoms with E-state index in [1.54, 1.807) is 0 Å². The van der Waals surface area contributed by atoms with Crippen LogP contribution in [0.2, 0.25) is 0 Å². The fourth-order valence-corrected chi connectivity index (χ4v) is 4.72. The number of likely N-dealkylation sites (tertiary alicyclic amines) is 1. The number of nitrogens with zero attached hydrogens (tertiary/aromatic N) is 1. The van der Waals surface area contributed by atoms with Crippen molar-refractivity contribution in [3.8, 4) is 0 Å². The van der Waals surface area contributed by atoms with Crippen LogP contribution in [0.25, 0.3) is 0 Å². The van der Waals surface area contributed by atoms with E-state index in [4.69, 9.17) is 5.73 Å². The molecule has 1 aliphatic carbocycles. The van der Waals surface area contributed by atoms with Gasteiger partial charge < -0.3 is 5.73 Å². The molecule has 110 valence electrons. The van der Waals surface area contributed by atoms with Crippen molar-refractivity contribution in [1.29, 1.82) is 0 Å². The normalized spacial score (nSPS) is 29.4. The average molecular weight is 337 g/mol. The first kappa shape index (κ1) is 14.6. The van der Waals surface area contributed by atoms with Gasteiger partial charge in [0.15, 0.2) is 0 Å². The zero-order chi connectivity index (χ0) is 14.4. The van der Waals surface area contributed by atoms with Crippen LogP contribution in [0.5, 0.6) is 0 Å². The van der Waals surface area contributed by atoms with E-state index >= 15 is 0 Å². The highest BCUT2D eigenvalue weighted by molar-refractivity contribution is 9.10. The third-order valence-electron chi connectivity index (χ3n) is 5.40. The molecule has 0 radical (unpaired) electrons. The van der Waals surface area contributed by atoms with Crippen molar-refractivity contribution in [2.75, 3.05) is 13.1 Å². The van der Waals surface area contributed by atoms with E-state index in [1.165, 1.54) is 41.4 Å². The van der Waals surface area contributed by atoms with Crippen LogP contribution in [-0.2, 0) is 12.8 Å². The summed E-state index contributed by atoms with van der Waals surface area (Å²) in [4.78, 5) is 2.71. The molecule has 3 rings (SSSR count). The van der Waals surface area contributed by atoms with Crippen molar-refractivity contribution in [1.82, 2.24) is 4.90 Å². The summed E-state index contributed by atoms with van der Waals surface area (Å²) in [6.45, 7) is 6.74. The Hall–Kier alpha value is -0.380. The van der Waals surface area contributed by atoms with E-state index in [0.717, 1.165) is 19.4 Å².